The predicted octanol–water partition coefficient (Wildman–Crippen LogP) is 8.02. The van der Waals surface area contributed by atoms with Gasteiger partial charge >= 0.3 is 0 Å². The molecule has 3 nitrogen and oxygen atoms in total. The van der Waals surface area contributed by atoms with Crippen LogP contribution in [-0.4, -0.2) is 24.8 Å². The number of unbranched alkanes of at least 4 members (excludes halogenated alkanes) is 8. The molecule has 0 N–H and O–H groups in total. The molecule has 0 fully saturated rings. The summed E-state index contributed by atoms with van der Waals surface area (Å²) in [5.41, 5.74) is 3.42. The van der Waals surface area contributed by atoms with Crippen LogP contribution in [0.1, 0.15) is 90.0 Å². The van der Waals surface area contributed by atoms with Crippen molar-refractivity contribution in [1.29, 1.82) is 0 Å². The van der Waals surface area contributed by atoms with Crippen LogP contribution in [0.15, 0.2) is 42.6 Å². The first kappa shape index (κ1) is 25.4. The van der Waals surface area contributed by atoms with Gasteiger partial charge in [-0.1, -0.05) is 71.3 Å². The van der Waals surface area contributed by atoms with Gasteiger partial charge in [0.25, 0.3) is 0 Å². The number of aryl methyl sites for hydroxylation is 1. The summed E-state index contributed by atoms with van der Waals surface area (Å²) in [5, 5.41) is 0. The smallest absolute Gasteiger partial charge is 0.119 e. The molecule has 0 aliphatic heterocycles. The topological polar surface area (TPSA) is 31.4 Å². The van der Waals surface area contributed by atoms with Crippen molar-refractivity contribution in [2.75, 3.05) is 19.8 Å². The van der Waals surface area contributed by atoms with Crippen molar-refractivity contribution < 1.29 is 9.47 Å². The summed E-state index contributed by atoms with van der Waals surface area (Å²) < 4.78 is 11.5. The van der Waals surface area contributed by atoms with Gasteiger partial charge in [0.1, 0.15) is 5.75 Å². The third-order valence-electron chi connectivity index (χ3n) is 5.64. The molecule has 2 aromatic rings. The van der Waals surface area contributed by atoms with Crippen LogP contribution in [0.4, 0.5) is 0 Å². The Balaban J connectivity index is 1.62. The van der Waals surface area contributed by atoms with Gasteiger partial charge in [-0.15, -0.1) is 0 Å². The maximum absolute atomic E-state index is 5.91. The molecular weight excluding hydrogens is 382 g/mol. The number of hydrogen-bond donors (Lipinski definition) is 0. The van der Waals surface area contributed by atoms with E-state index < -0.39 is 0 Å². The van der Waals surface area contributed by atoms with Gasteiger partial charge < -0.3 is 9.47 Å². The van der Waals surface area contributed by atoms with E-state index >= 15 is 0 Å². The number of nitrogens with zero attached hydrogens (tertiary/aromatic N) is 1. The highest BCUT2D eigenvalue weighted by atomic mass is 16.5. The molecule has 2 rings (SSSR count). The lowest BCUT2D eigenvalue weighted by molar-refractivity contribution is 0.129. The van der Waals surface area contributed by atoms with Crippen molar-refractivity contribution in [3.8, 4) is 17.0 Å². The highest BCUT2D eigenvalue weighted by molar-refractivity contribution is 5.60. The summed E-state index contributed by atoms with van der Waals surface area (Å²) in [4.78, 5) is 4.65. The quantitative estimate of drug-likeness (QED) is 0.227. The first-order chi connectivity index (χ1) is 15.3. The van der Waals surface area contributed by atoms with E-state index in [2.05, 4.69) is 55.2 Å². The Morgan fingerprint density at radius 3 is 2.00 bits per heavy atom. The monoisotopic (exact) mass is 425 g/mol. The Morgan fingerprint density at radius 1 is 0.645 bits per heavy atom. The lowest BCUT2D eigenvalue weighted by Crippen LogP contribution is -1.99. The van der Waals surface area contributed by atoms with Gasteiger partial charge in [-0.25, -0.2) is 0 Å². The molecular formula is C28H43NO2. The summed E-state index contributed by atoms with van der Waals surface area (Å²) in [6.45, 7) is 6.98. The number of rotatable bonds is 18. The molecule has 31 heavy (non-hydrogen) atoms. The molecule has 0 amide bonds. The van der Waals surface area contributed by atoms with Crippen LogP contribution in [0.2, 0.25) is 0 Å². The lowest BCUT2D eigenvalue weighted by atomic mass is 10.1. The van der Waals surface area contributed by atoms with E-state index in [-0.39, 0.29) is 0 Å². The SMILES string of the molecule is CCCCCCCCCCOc1ccc(-c2ccc(CCCOCCCC)cn2)cc1. The van der Waals surface area contributed by atoms with E-state index in [4.69, 9.17) is 9.47 Å². The highest BCUT2D eigenvalue weighted by Gasteiger charge is 2.02. The molecule has 0 radical (unpaired) electrons. The molecule has 0 bridgehead atoms. The minimum Gasteiger partial charge on any atom is -0.494 e. The average Bonchev–Trinajstić information content (AvgIpc) is 2.81. The summed E-state index contributed by atoms with van der Waals surface area (Å²) in [5.74, 6) is 0.950. The molecule has 0 aliphatic rings. The largest absolute Gasteiger partial charge is 0.494 e. The minimum absolute atomic E-state index is 0.809. The fourth-order valence-corrected chi connectivity index (χ4v) is 3.62. The Morgan fingerprint density at radius 2 is 1.32 bits per heavy atom. The Bertz CT molecular complexity index is 666. The molecule has 1 aromatic heterocycles. The van der Waals surface area contributed by atoms with Gasteiger partial charge in [0, 0.05) is 25.0 Å². The van der Waals surface area contributed by atoms with E-state index in [1.807, 2.05) is 6.20 Å². The van der Waals surface area contributed by atoms with Crippen LogP contribution in [0.5, 0.6) is 5.75 Å². The normalized spacial score (nSPS) is 11.0. The third kappa shape index (κ3) is 11.4. The second kappa shape index (κ2) is 16.8. The highest BCUT2D eigenvalue weighted by Crippen LogP contribution is 2.21. The van der Waals surface area contributed by atoms with Gasteiger partial charge in [-0.3, -0.25) is 4.98 Å². The van der Waals surface area contributed by atoms with Crippen LogP contribution in [0, 0.1) is 0 Å². The van der Waals surface area contributed by atoms with Gasteiger partial charge in [-0.2, -0.15) is 0 Å². The Labute approximate surface area is 190 Å². The zero-order valence-corrected chi connectivity index (χ0v) is 19.9. The van der Waals surface area contributed by atoms with E-state index in [1.54, 1.807) is 0 Å². The summed E-state index contributed by atoms with van der Waals surface area (Å²) in [6, 6.07) is 12.6. The Hall–Kier alpha value is -1.87. The van der Waals surface area contributed by atoms with Gasteiger partial charge in [-0.05, 0) is 61.6 Å². The second-order valence-electron chi connectivity index (χ2n) is 8.47. The maximum atomic E-state index is 5.91. The number of ether oxygens (including phenoxy) is 2. The molecule has 0 saturated carbocycles. The zero-order chi connectivity index (χ0) is 22.0. The molecule has 3 heteroatoms. The predicted molar refractivity (Wildman–Crippen MR) is 132 cm³/mol. The number of hydrogen-bond acceptors (Lipinski definition) is 3. The van der Waals surface area contributed by atoms with E-state index in [0.29, 0.717) is 0 Å². The zero-order valence-electron chi connectivity index (χ0n) is 19.9. The van der Waals surface area contributed by atoms with Gasteiger partial charge in [0.2, 0.25) is 0 Å². The minimum atomic E-state index is 0.809. The number of benzene rings is 1. The van der Waals surface area contributed by atoms with Crippen molar-refractivity contribution in [2.45, 2.75) is 90.9 Å². The van der Waals surface area contributed by atoms with Crippen LogP contribution >= 0.6 is 0 Å². The van der Waals surface area contributed by atoms with Gasteiger partial charge in [0.15, 0.2) is 0 Å². The molecule has 0 unspecified atom stereocenters. The molecule has 0 atom stereocenters. The summed E-state index contributed by atoms with van der Waals surface area (Å²) in [7, 11) is 0. The van der Waals surface area contributed by atoms with Crippen LogP contribution in [-0.2, 0) is 11.2 Å². The van der Waals surface area contributed by atoms with Crippen LogP contribution < -0.4 is 4.74 Å². The van der Waals surface area contributed by atoms with Gasteiger partial charge in [0.05, 0.1) is 12.3 Å². The van der Waals surface area contributed by atoms with Crippen molar-refractivity contribution in [2.24, 2.45) is 0 Å². The third-order valence-corrected chi connectivity index (χ3v) is 5.64. The maximum Gasteiger partial charge on any atom is 0.119 e. The lowest BCUT2D eigenvalue weighted by Gasteiger charge is -2.08. The molecule has 1 aromatic carbocycles. The van der Waals surface area contributed by atoms with Crippen molar-refractivity contribution >= 4 is 0 Å². The van der Waals surface area contributed by atoms with E-state index in [0.717, 1.165) is 62.5 Å². The van der Waals surface area contributed by atoms with Crippen molar-refractivity contribution in [3.63, 3.8) is 0 Å². The number of aromatic nitrogens is 1. The Kier molecular flexibility index (Phi) is 13.7. The molecule has 1 heterocycles. The fourth-order valence-electron chi connectivity index (χ4n) is 3.62. The molecule has 0 aliphatic carbocycles. The summed E-state index contributed by atoms with van der Waals surface area (Å²) >= 11 is 0. The number of pyridine rings is 1. The van der Waals surface area contributed by atoms with Crippen molar-refractivity contribution in [1.82, 2.24) is 4.98 Å². The first-order valence-electron chi connectivity index (χ1n) is 12.6. The van der Waals surface area contributed by atoms with Crippen molar-refractivity contribution in [3.05, 3.63) is 48.2 Å². The van der Waals surface area contributed by atoms with Crippen LogP contribution in [0.25, 0.3) is 11.3 Å². The second-order valence-corrected chi connectivity index (χ2v) is 8.47. The average molecular weight is 426 g/mol. The first-order valence-corrected chi connectivity index (χ1v) is 12.6. The molecule has 0 saturated heterocycles. The molecule has 172 valence electrons. The fraction of sp³-hybridized carbons (Fsp3) is 0.607. The summed E-state index contributed by atoms with van der Waals surface area (Å²) in [6.07, 6.45) is 17.0. The molecule has 0 spiro atoms. The van der Waals surface area contributed by atoms with E-state index in [9.17, 15) is 0 Å². The van der Waals surface area contributed by atoms with E-state index in [1.165, 1.54) is 56.9 Å². The van der Waals surface area contributed by atoms with Crippen LogP contribution in [0.3, 0.4) is 0 Å². The standard InChI is InChI=1S/C28H43NO2/c1-3-5-7-8-9-10-11-12-23-31-27-18-16-26(17-19-27)28-20-15-25(24-29-28)14-13-22-30-21-6-4-2/h15-20,24H,3-14,21-23H2,1-2H3.